The minimum absolute atomic E-state index is 0. The van der Waals surface area contributed by atoms with E-state index in [1.165, 1.54) is 0 Å². The molecule has 6 heteroatoms. The number of nitrogens with one attached hydrogen (secondary N) is 2. The Labute approximate surface area is 124 Å². The van der Waals surface area contributed by atoms with Crippen LogP contribution >= 0.6 is 35.6 Å². The zero-order chi connectivity index (χ0) is 11.8. The molecule has 4 nitrogen and oxygen atoms in total. The van der Waals surface area contributed by atoms with E-state index in [0.29, 0.717) is 11.7 Å². The van der Waals surface area contributed by atoms with Gasteiger partial charge in [-0.05, 0) is 18.1 Å². The van der Waals surface area contributed by atoms with Crippen LogP contribution in [-0.2, 0) is 6.54 Å². The van der Waals surface area contributed by atoms with Gasteiger partial charge in [0.25, 0.3) is 0 Å². The lowest BCUT2D eigenvalue weighted by Gasteiger charge is -2.10. The molecular weight excluding hydrogens is 351 g/mol. The van der Waals surface area contributed by atoms with Crippen molar-refractivity contribution < 1.29 is 0 Å². The van der Waals surface area contributed by atoms with E-state index in [-0.39, 0.29) is 24.0 Å². The standard InChI is InChI=1S/C11H17ClN4.HI/c1-3-6-14-11(13-2)16-8-9-4-5-10(12)15-7-9;/h4-5,7H,3,6,8H2,1-2H3,(H2,13,14,16);1H. The molecule has 0 aliphatic heterocycles. The third kappa shape index (κ3) is 6.68. The van der Waals surface area contributed by atoms with Crippen molar-refractivity contribution in [2.75, 3.05) is 13.6 Å². The molecule has 0 aromatic carbocycles. The van der Waals surface area contributed by atoms with Gasteiger partial charge in [0.15, 0.2) is 5.96 Å². The number of hydrogen-bond acceptors (Lipinski definition) is 2. The maximum absolute atomic E-state index is 5.70. The van der Waals surface area contributed by atoms with Gasteiger partial charge in [-0.3, -0.25) is 4.99 Å². The van der Waals surface area contributed by atoms with Crippen LogP contribution in [0.2, 0.25) is 5.15 Å². The Morgan fingerprint density at radius 1 is 1.41 bits per heavy atom. The van der Waals surface area contributed by atoms with Gasteiger partial charge in [0.05, 0.1) is 0 Å². The highest BCUT2D eigenvalue weighted by Crippen LogP contribution is 2.04. The van der Waals surface area contributed by atoms with Crippen molar-refractivity contribution in [1.82, 2.24) is 15.6 Å². The van der Waals surface area contributed by atoms with E-state index in [9.17, 15) is 0 Å². The number of guanidine groups is 1. The van der Waals surface area contributed by atoms with E-state index in [2.05, 4.69) is 27.5 Å². The molecule has 0 bridgehead atoms. The molecule has 0 saturated heterocycles. The Bertz CT molecular complexity index is 340. The number of hydrogen-bond donors (Lipinski definition) is 2. The van der Waals surface area contributed by atoms with Crippen LogP contribution in [0.1, 0.15) is 18.9 Å². The van der Waals surface area contributed by atoms with Crippen LogP contribution in [0, 0.1) is 0 Å². The molecular formula is C11H18ClIN4. The minimum atomic E-state index is 0. The van der Waals surface area contributed by atoms with Gasteiger partial charge in [-0.2, -0.15) is 0 Å². The topological polar surface area (TPSA) is 49.3 Å². The van der Waals surface area contributed by atoms with Crippen molar-refractivity contribution in [2.45, 2.75) is 19.9 Å². The molecule has 1 heterocycles. The number of aliphatic imine (C=N–C) groups is 1. The van der Waals surface area contributed by atoms with E-state index >= 15 is 0 Å². The molecule has 0 amide bonds. The number of halogens is 2. The van der Waals surface area contributed by atoms with Gasteiger partial charge in [0, 0.05) is 26.3 Å². The number of aromatic nitrogens is 1. The summed E-state index contributed by atoms with van der Waals surface area (Å²) in [4.78, 5) is 8.12. The van der Waals surface area contributed by atoms with E-state index in [1.807, 2.05) is 6.07 Å². The van der Waals surface area contributed by atoms with Gasteiger partial charge in [-0.25, -0.2) is 4.98 Å². The molecule has 96 valence electrons. The van der Waals surface area contributed by atoms with Crippen molar-refractivity contribution in [2.24, 2.45) is 4.99 Å². The molecule has 2 N–H and O–H groups in total. The zero-order valence-corrected chi connectivity index (χ0v) is 13.1. The van der Waals surface area contributed by atoms with Crippen LogP contribution < -0.4 is 10.6 Å². The molecule has 1 rings (SSSR count). The molecule has 0 aliphatic carbocycles. The predicted molar refractivity (Wildman–Crippen MR) is 83.2 cm³/mol. The Morgan fingerprint density at radius 3 is 2.71 bits per heavy atom. The molecule has 1 aromatic heterocycles. The van der Waals surface area contributed by atoms with Crippen LogP contribution in [0.5, 0.6) is 0 Å². The highest BCUT2D eigenvalue weighted by molar-refractivity contribution is 14.0. The van der Waals surface area contributed by atoms with E-state index in [0.717, 1.165) is 24.5 Å². The van der Waals surface area contributed by atoms with Crippen molar-refractivity contribution in [3.8, 4) is 0 Å². The summed E-state index contributed by atoms with van der Waals surface area (Å²) in [5.74, 6) is 0.803. The highest BCUT2D eigenvalue weighted by atomic mass is 127. The van der Waals surface area contributed by atoms with E-state index in [4.69, 9.17) is 11.6 Å². The molecule has 0 aliphatic rings. The van der Waals surface area contributed by atoms with Gasteiger partial charge in [-0.15, -0.1) is 24.0 Å². The van der Waals surface area contributed by atoms with Crippen LogP contribution in [-0.4, -0.2) is 24.5 Å². The fourth-order valence-corrected chi connectivity index (χ4v) is 1.27. The van der Waals surface area contributed by atoms with Crippen molar-refractivity contribution in [3.05, 3.63) is 29.0 Å². The smallest absolute Gasteiger partial charge is 0.191 e. The first-order valence-corrected chi connectivity index (χ1v) is 5.69. The Morgan fingerprint density at radius 2 is 2.18 bits per heavy atom. The van der Waals surface area contributed by atoms with Gasteiger partial charge in [-0.1, -0.05) is 24.6 Å². The lowest BCUT2D eigenvalue weighted by atomic mass is 10.3. The van der Waals surface area contributed by atoms with Gasteiger partial charge >= 0.3 is 0 Å². The number of rotatable bonds is 4. The molecule has 1 aromatic rings. The first-order chi connectivity index (χ1) is 7.76. The number of pyridine rings is 1. The molecule has 0 spiro atoms. The van der Waals surface area contributed by atoms with E-state index in [1.54, 1.807) is 19.3 Å². The van der Waals surface area contributed by atoms with Gasteiger partial charge in [0.2, 0.25) is 0 Å². The van der Waals surface area contributed by atoms with Crippen LogP contribution in [0.25, 0.3) is 0 Å². The highest BCUT2D eigenvalue weighted by Gasteiger charge is 1.97. The van der Waals surface area contributed by atoms with Crippen molar-refractivity contribution in [1.29, 1.82) is 0 Å². The molecule has 0 saturated carbocycles. The molecule has 0 unspecified atom stereocenters. The SMILES string of the molecule is CCCNC(=NC)NCc1ccc(Cl)nc1.I. The maximum atomic E-state index is 5.70. The summed E-state index contributed by atoms with van der Waals surface area (Å²) in [5.41, 5.74) is 1.07. The lowest BCUT2D eigenvalue weighted by molar-refractivity contribution is 0.780. The van der Waals surface area contributed by atoms with E-state index < -0.39 is 0 Å². The van der Waals surface area contributed by atoms with Gasteiger partial charge < -0.3 is 10.6 Å². The fraction of sp³-hybridized carbons (Fsp3) is 0.455. The van der Waals surface area contributed by atoms with Gasteiger partial charge in [0.1, 0.15) is 5.15 Å². The second kappa shape index (κ2) is 9.47. The summed E-state index contributed by atoms with van der Waals surface area (Å²) >= 11 is 5.70. The fourth-order valence-electron chi connectivity index (χ4n) is 1.16. The number of nitrogens with zero attached hydrogens (tertiary/aromatic N) is 2. The summed E-state index contributed by atoms with van der Waals surface area (Å²) in [7, 11) is 1.76. The first kappa shape index (κ1) is 16.4. The van der Waals surface area contributed by atoms with Crippen LogP contribution in [0.3, 0.4) is 0 Å². The average Bonchev–Trinajstić information content (AvgIpc) is 2.32. The Kier molecular flexibility index (Phi) is 9.16. The van der Waals surface area contributed by atoms with Crippen molar-refractivity contribution >= 4 is 41.5 Å². The largest absolute Gasteiger partial charge is 0.356 e. The molecule has 0 radical (unpaired) electrons. The maximum Gasteiger partial charge on any atom is 0.191 e. The second-order valence-corrected chi connectivity index (χ2v) is 3.73. The lowest BCUT2D eigenvalue weighted by Crippen LogP contribution is -2.37. The normalized spacial score (nSPS) is 10.6. The summed E-state index contributed by atoms with van der Waals surface area (Å²) in [6.45, 7) is 3.72. The minimum Gasteiger partial charge on any atom is -0.356 e. The Hall–Kier alpha value is -0.560. The summed E-state index contributed by atoms with van der Waals surface area (Å²) < 4.78 is 0. The second-order valence-electron chi connectivity index (χ2n) is 3.34. The third-order valence-electron chi connectivity index (χ3n) is 2.01. The first-order valence-electron chi connectivity index (χ1n) is 5.31. The van der Waals surface area contributed by atoms with Crippen molar-refractivity contribution in [3.63, 3.8) is 0 Å². The van der Waals surface area contributed by atoms with Crippen LogP contribution in [0.4, 0.5) is 0 Å². The Balaban J connectivity index is 0.00000256. The summed E-state index contributed by atoms with van der Waals surface area (Å²) in [6, 6.07) is 3.72. The zero-order valence-electron chi connectivity index (χ0n) is 10.0. The summed E-state index contributed by atoms with van der Waals surface area (Å²) in [6.07, 6.45) is 2.83. The van der Waals surface area contributed by atoms with Crippen LogP contribution in [0.15, 0.2) is 23.3 Å². The molecule has 0 atom stereocenters. The summed E-state index contributed by atoms with van der Waals surface area (Å²) in [5, 5.41) is 6.90. The third-order valence-corrected chi connectivity index (χ3v) is 2.24. The quantitative estimate of drug-likeness (QED) is 0.371. The predicted octanol–water partition coefficient (Wildman–Crippen LogP) is 2.43. The molecule has 0 fully saturated rings. The monoisotopic (exact) mass is 368 g/mol. The molecule has 17 heavy (non-hydrogen) atoms. The average molecular weight is 369 g/mol.